The number of amides is 2. The molecule has 4 nitrogen and oxygen atoms in total. The van der Waals surface area contributed by atoms with E-state index in [2.05, 4.69) is 11.4 Å². The fourth-order valence-corrected chi connectivity index (χ4v) is 3.05. The van der Waals surface area contributed by atoms with Gasteiger partial charge in [0.15, 0.2) is 0 Å². The Hall–Kier alpha value is -2.52. The van der Waals surface area contributed by atoms with Crippen LogP contribution in [0.5, 0.6) is 0 Å². The van der Waals surface area contributed by atoms with E-state index in [1.165, 1.54) is 17.0 Å². The number of rotatable bonds is 6. The third kappa shape index (κ3) is 5.80. The van der Waals surface area contributed by atoms with E-state index < -0.39 is 0 Å². The Morgan fingerprint density at radius 2 is 1.96 bits per heavy atom. The lowest BCUT2D eigenvalue weighted by molar-refractivity contribution is 0.220. The highest BCUT2D eigenvalue weighted by molar-refractivity contribution is 7.99. The molecule has 1 N–H and O–H groups in total. The number of benzene rings is 2. The summed E-state index contributed by atoms with van der Waals surface area (Å²) in [5, 5.41) is 11.8. The van der Waals surface area contributed by atoms with Gasteiger partial charge in [0.1, 0.15) is 5.82 Å². The molecule has 1 atom stereocenters. The van der Waals surface area contributed by atoms with Gasteiger partial charge in [-0.25, -0.2) is 9.18 Å². The molecule has 0 aromatic heterocycles. The van der Waals surface area contributed by atoms with E-state index in [1.54, 1.807) is 30.9 Å². The number of halogens is 1. The van der Waals surface area contributed by atoms with Gasteiger partial charge in [0.05, 0.1) is 17.7 Å². The van der Waals surface area contributed by atoms with Crippen molar-refractivity contribution in [2.75, 3.05) is 18.1 Å². The Morgan fingerprint density at radius 1 is 1.28 bits per heavy atom. The molecule has 0 fully saturated rings. The molecule has 1 unspecified atom stereocenters. The molecule has 25 heavy (non-hydrogen) atoms. The lowest BCUT2D eigenvalue weighted by Crippen LogP contribution is -2.31. The molecule has 0 bridgehead atoms. The number of para-hydroxylation sites is 1. The van der Waals surface area contributed by atoms with Crippen molar-refractivity contribution in [3.63, 3.8) is 0 Å². The van der Waals surface area contributed by atoms with E-state index in [0.29, 0.717) is 18.0 Å². The minimum atomic E-state index is -0.298. The van der Waals surface area contributed by atoms with Crippen molar-refractivity contribution in [1.29, 1.82) is 5.26 Å². The van der Waals surface area contributed by atoms with Crippen LogP contribution in [-0.4, -0.2) is 23.7 Å². The number of urea groups is 1. The Labute approximate surface area is 151 Å². The quantitative estimate of drug-likeness (QED) is 0.760. The van der Waals surface area contributed by atoms with Crippen LogP contribution in [0.3, 0.4) is 0 Å². The molecule has 2 rings (SSSR count). The van der Waals surface area contributed by atoms with Gasteiger partial charge in [0, 0.05) is 24.2 Å². The van der Waals surface area contributed by atoms with Crippen molar-refractivity contribution in [1.82, 2.24) is 4.90 Å². The molecule has 6 heteroatoms. The highest BCUT2D eigenvalue weighted by atomic mass is 32.2. The Balaban J connectivity index is 1.99. The number of nitrogens with zero attached hydrogens (tertiary/aromatic N) is 2. The largest absolute Gasteiger partial charge is 0.323 e. The van der Waals surface area contributed by atoms with Crippen LogP contribution in [0.4, 0.5) is 14.9 Å². The van der Waals surface area contributed by atoms with Gasteiger partial charge in [-0.3, -0.25) is 0 Å². The molecule has 0 aliphatic rings. The van der Waals surface area contributed by atoms with Gasteiger partial charge in [0.2, 0.25) is 0 Å². The van der Waals surface area contributed by atoms with Crippen LogP contribution < -0.4 is 5.32 Å². The van der Waals surface area contributed by atoms with Crippen LogP contribution in [0.2, 0.25) is 0 Å². The minimum absolute atomic E-state index is 0.0603. The Bertz CT molecular complexity index is 758. The zero-order valence-electron chi connectivity index (χ0n) is 14.2. The van der Waals surface area contributed by atoms with Gasteiger partial charge in [-0.05, 0) is 36.8 Å². The van der Waals surface area contributed by atoms with E-state index in [-0.39, 0.29) is 17.8 Å². The number of hydrogen-bond acceptors (Lipinski definition) is 3. The number of nitrogens with one attached hydrogen (secondary N) is 1. The van der Waals surface area contributed by atoms with E-state index in [9.17, 15) is 9.18 Å². The van der Waals surface area contributed by atoms with Gasteiger partial charge in [-0.15, -0.1) is 11.8 Å². The topological polar surface area (TPSA) is 56.1 Å². The normalized spacial score (nSPS) is 11.4. The van der Waals surface area contributed by atoms with Crippen molar-refractivity contribution >= 4 is 23.5 Å². The van der Waals surface area contributed by atoms with Crippen LogP contribution >= 0.6 is 11.8 Å². The van der Waals surface area contributed by atoms with E-state index in [1.807, 2.05) is 31.2 Å². The first-order valence-corrected chi connectivity index (χ1v) is 8.86. The molecule has 0 aliphatic carbocycles. The van der Waals surface area contributed by atoms with Gasteiger partial charge in [0.25, 0.3) is 0 Å². The predicted molar refractivity (Wildman–Crippen MR) is 98.8 cm³/mol. The lowest BCUT2D eigenvalue weighted by atomic mass is 10.2. The summed E-state index contributed by atoms with van der Waals surface area (Å²) in [4.78, 5) is 14.9. The van der Waals surface area contributed by atoms with Crippen molar-refractivity contribution in [3.8, 4) is 6.07 Å². The number of carbonyl (C=O) groups excluding carboxylic acids is 1. The highest BCUT2D eigenvalue weighted by Crippen LogP contribution is 2.28. The van der Waals surface area contributed by atoms with Gasteiger partial charge >= 0.3 is 6.03 Å². The van der Waals surface area contributed by atoms with Crippen LogP contribution in [-0.2, 0) is 6.54 Å². The Kier molecular flexibility index (Phi) is 6.84. The molecule has 0 saturated carbocycles. The van der Waals surface area contributed by atoms with Crippen LogP contribution in [0.15, 0.2) is 53.4 Å². The maximum absolute atomic E-state index is 13.0. The number of nitriles is 1. The molecule has 2 aromatic rings. The molecule has 0 spiro atoms. The number of thioether (sulfide) groups is 1. The van der Waals surface area contributed by atoms with Gasteiger partial charge in [-0.2, -0.15) is 5.26 Å². The smallest absolute Gasteiger partial charge is 0.321 e. The summed E-state index contributed by atoms with van der Waals surface area (Å²) < 4.78 is 13.0. The van der Waals surface area contributed by atoms with Crippen LogP contribution in [0, 0.1) is 23.1 Å². The standard InChI is InChI=1S/C19H20FN3OS/c1-14(11-21)13-25-18-6-4-3-5-17(18)22-19(24)23(2)12-15-7-9-16(20)10-8-15/h3-10,14H,12-13H2,1-2H3,(H,22,24). The minimum Gasteiger partial charge on any atom is -0.323 e. The van der Waals surface area contributed by atoms with Gasteiger partial charge < -0.3 is 10.2 Å². The summed E-state index contributed by atoms with van der Waals surface area (Å²) in [6, 6.07) is 15.5. The summed E-state index contributed by atoms with van der Waals surface area (Å²) in [5.74, 6) is 0.303. The number of hydrogen-bond donors (Lipinski definition) is 1. The first-order valence-electron chi connectivity index (χ1n) is 7.87. The zero-order chi connectivity index (χ0) is 18.2. The third-order valence-corrected chi connectivity index (χ3v) is 4.85. The second-order valence-electron chi connectivity index (χ2n) is 5.75. The van der Waals surface area contributed by atoms with Crippen LogP contribution in [0.1, 0.15) is 12.5 Å². The SMILES string of the molecule is CC(C#N)CSc1ccccc1NC(=O)N(C)Cc1ccc(F)cc1. The van der Waals surface area contributed by atoms with Crippen molar-refractivity contribution in [2.45, 2.75) is 18.4 Å². The van der Waals surface area contributed by atoms with Crippen LogP contribution in [0.25, 0.3) is 0 Å². The first kappa shape index (κ1) is 18.8. The Morgan fingerprint density at radius 3 is 2.64 bits per heavy atom. The molecule has 0 heterocycles. The summed E-state index contributed by atoms with van der Waals surface area (Å²) in [6.45, 7) is 2.25. The maximum Gasteiger partial charge on any atom is 0.321 e. The fourth-order valence-electron chi connectivity index (χ4n) is 2.09. The third-order valence-electron chi connectivity index (χ3n) is 3.52. The molecular weight excluding hydrogens is 337 g/mol. The second kappa shape index (κ2) is 9.09. The zero-order valence-corrected chi connectivity index (χ0v) is 15.0. The average Bonchev–Trinajstić information content (AvgIpc) is 2.62. The number of anilines is 1. The lowest BCUT2D eigenvalue weighted by Gasteiger charge is -2.19. The summed E-state index contributed by atoms with van der Waals surface area (Å²) in [6.07, 6.45) is 0. The monoisotopic (exact) mass is 357 g/mol. The van der Waals surface area contributed by atoms with Crippen molar-refractivity contribution < 1.29 is 9.18 Å². The molecular formula is C19H20FN3OS. The molecule has 2 amide bonds. The predicted octanol–water partition coefficient (Wildman–Crippen LogP) is 4.74. The molecule has 130 valence electrons. The molecule has 2 aromatic carbocycles. The summed E-state index contributed by atoms with van der Waals surface area (Å²) in [5.41, 5.74) is 1.57. The van der Waals surface area contributed by atoms with Gasteiger partial charge in [-0.1, -0.05) is 24.3 Å². The maximum atomic E-state index is 13.0. The second-order valence-corrected chi connectivity index (χ2v) is 6.81. The van der Waals surface area contributed by atoms with E-state index >= 15 is 0 Å². The van der Waals surface area contributed by atoms with E-state index in [0.717, 1.165) is 10.5 Å². The molecule has 0 saturated heterocycles. The molecule has 0 radical (unpaired) electrons. The summed E-state index contributed by atoms with van der Waals surface area (Å²) in [7, 11) is 1.69. The molecule has 0 aliphatic heterocycles. The fraction of sp³-hybridized carbons (Fsp3) is 0.263. The van der Waals surface area contributed by atoms with Crippen molar-refractivity contribution in [3.05, 3.63) is 59.9 Å². The number of carbonyl (C=O) groups is 1. The first-order chi connectivity index (χ1) is 12.0. The van der Waals surface area contributed by atoms with Crippen molar-refractivity contribution in [2.24, 2.45) is 5.92 Å². The highest BCUT2D eigenvalue weighted by Gasteiger charge is 2.12. The van der Waals surface area contributed by atoms with E-state index in [4.69, 9.17) is 5.26 Å². The summed E-state index contributed by atoms with van der Waals surface area (Å²) >= 11 is 1.54. The average molecular weight is 357 g/mol.